The summed E-state index contributed by atoms with van der Waals surface area (Å²) < 4.78 is 49.4. The van der Waals surface area contributed by atoms with Crippen LogP contribution < -0.4 is 14.4 Å². The first kappa shape index (κ1) is 33.8. The second-order valence-electron chi connectivity index (χ2n) is 16.0. The molecule has 0 radical (unpaired) electrons. The van der Waals surface area contributed by atoms with Gasteiger partial charge in [-0.15, -0.1) is 0 Å². The van der Waals surface area contributed by atoms with Gasteiger partial charge in [-0.3, -0.25) is 4.79 Å². The van der Waals surface area contributed by atoms with Crippen molar-refractivity contribution in [1.29, 1.82) is 0 Å². The van der Waals surface area contributed by atoms with Gasteiger partial charge in [0.15, 0.2) is 6.29 Å². The topological polar surface area (TPSA) is 97.4 Å². The zero-order valence-corrected chi connectivity index (χ0v) is 30.5. The molecule has 266 valence electrons. The molecule has 1 spiro atoms. The molecule has 2 bridgehead atoms. The summed E-state index contributed by atoms with van der Waals surface area (Å²) in [4.78, 5) is 18.3. The molecule has 49 heavy (non-hydrogen) atoms. The molecule has 2 aromatic rings. The van der Waals surface area contributed by atoms with Gasteiger partial charge in [0, 0.05) is 48.1 Å². The number of hydrogen-bond acceptors (Lipinski definition) is 8. The molecule has 9 atom stereocenters. The number of aryl methyl sites for hydroxylation is 1. The molecule has 3 fully saturated rings. The molecule has 0 aromatic heterocycles. The molecular formula is C38H50ClN3O6S. The molecule has 1 unspecified atom stereocenters. The number of benzene rings is 2. The van der Waals surface area contributed by atoms with Crippen LogP contribution in [0.2, 0.25) is 5.02 Å². The van der Waals surface area contributed by atoms with Crippen molar-refractivity contribution in [3.8, 4) is 5.75 Å². The lowest BCUT2D eigenvalue weighted by atomic mass is 9.64. The molecule has 1 N–H and O–H groups in total. The Morgan fingerprint density at radius 1 is 0.939 bits per heavy atom. The predicted molar refractivity (Wildman–Crippen MR) is 190 cm³/mol. The number of nitrogens with one attached hydrogen (secondary N) is 1. The zero-order valence-electron chi connectivity index (χ0n) is 28.9. The number of fused-ring (bicyclic) bond motifs is 5. The molecule has 1 amide bonds. The Labute approximate surface area is 296 Å². The number of hydrogen-bond donors (Lipinski definition) is 1. The molecular weight excluding hydrogens is 662 g/mol. The van der Waals surface area contributed by atoms with E-state index in [1.54, 1.807) is 13.0 Å². The summed E-state index contributed by atoms with van der Waals surface area (Å²) in [5.74, 6) is 1.11. The summed E-state index contributed by atoms with van der Waals surface area (Å²) in [7, 11) is -1.78. The van der Waals surface area contributed by atoms with E-state index < -0.39 is 21.2 Å². The van der Waals surface area contributed by atoms with Crippen molar-refractivity contribution in [3.05, 3.63) is 58.1 Å². The van der Waals surface area contributed by atoms with Crippen molar-refractivity contribution >= 4 is 33.2 Å². The maximum Gasteiger partial charge on any atom is 0.264 e. The van der Waals surface area contributed by atoms with Crippen LogP contribution in [0.4, 0.5) is 5.69 Å². The SMILES string of the molecule is C[C@@H]1[C@@H](C)CCC[C@H](C2O[C@H]3CN(C)C[C@H]3O2)[C@@H]2CC[C@H]2CN2C[C@@]3(CCCc4cc(Cl)ccc43)COc3ccc(cc32)C(=O)NS1(=O)=O. The van der Waals surface area contributed by atoms with E-state index in [0.29, 0.717) is 24.0 Å². The van der Waals surface area contributed by atoms with E-state index in [9.17, 15) is 13.2 Å². The number of carbonyl (C=O) groups is 1. The number of ether oxygens (including phenoxy) is 3. The zero-order chi connectivity index (χ0) is 34.1. The number of likely N-dealkylation sites (tertiary alicyclic amines) is 1. The van der Waals surface area contributed by atoms with Crippen LogP contribution >= 0.6 is 11.6 Å². The molecule has 6 aliphatic rings. The molecule has 4 heterocycles. The van der Waals surface area contributed by atoms with Gasteiger partial charge in [-0.05, 0) is 118 Å². The van der Waals surface area contributed by atoms with Crippen LogP contribution in [-0.4, -0.2) is 82.8 Å². The first-order valence-corrected chi connectivity index (χ1v) is 20.3. The van der Waals surface area contributed by atoms with Gasteiger partial charge in [0.25, 0.3) is 5.91 Å². The van der Waals surface area contributed by atoms with Gasteiger partial charge < -0.3 is 24.0 Å². The van der Waals surface area contributed by atoms with Gasteiger partial charge in [-0.2, -0.15) is 0 Å². The van der Waals surface area contributed by atoms with Gasteiger partial charge >= 0.3 is 0 Å². The molecule has 1 saturated carbocycles. The van der Waals surface area contributed by atoms with Gasteiger partial charge in [0.05, 0.1) is 17.5 Å². The minimum Gasteiger partial charge on any atom is -0.490 e. The third kappa shape index (κ3) is 6.28. The van der Waals surface area contributed by atoms with E-state index in [4.69, 9.17) is 25.8 Å². The van der Waals surface area contributed by atoms with Crippen LogP contribution in [0, 0.1) is 23.7 Å². The first-order valence-electron chi connectivity index (χ1n) is 18.4. The minimum absolute atomic E-state index is 0.106. The van der Waals surface area contributed by atoms with E-state index >= 15 is 0 Å². The first-order chi connectivity index (χ1) is 23.5. The van der Waals surface area contributed by atoms with Crippen LogP contribution in [0.1, 0.15) is 80.3 Å². The third-order valence-corrected chi connectivity index (χ3v) is 15.0. The molecule has 11 heteroatoms. The molecule has 2 saturated heterocycles. The summed E-state index contributed by atoms with van der Waals surface area (Å²) in [5.41, 5.74) is 3.51. The number of sulfonamides is 1. The summed E-state index contributed by atoms with van der Waals surface area (Å²) in [6.07, 6.45) is 7.81. The number of anilines is 1. The van der Waals surface area contributed by atoms with Gasteiger partial charge in [-0.25, -0.2) is 13.1 Å². The standard InChI is InChI=1S/C38H50ClN3O6S/c1-23-6-4-8-30(37-47-34-19-41(3)20-35(34)48-37)29-12-9-27(29)18-42-21-38(15-5-7-25-16-28(39)11-13-31(25)38)22-46-33-14-10-26(17-32(33)42)36(43)40-49(44,45)24(23)2/h10-11,13-14,16-17,23-24,27,29-30,34-35,37H,4-9,12,15,18-22H2,1-3H3,(H,40,43)/t23-,24+,27-,29+,30-,34-,35+,37?,38-/m0/s1. The Bertz CT molecular complexity index is 1690. The lowest BCUT2D eigenvalue weighted by Crippen LogP contribution is -2.50. The summed E-state index contributed by atoms with van der Waals surface area (Å²) in [6, 6.07) is 11.7. The predicted octanol–water partition coefficient (Wildman–Crippen LogP) is 5.78. The number of likely N-dealkylation sites (N-methyl/N-ethyl adjacent to an activating group) is 1. The Morgan fingerprint density at radius 2 is 1.73 bits per heavy atom. The van der Waals surface area contributed by atoms with Crippen LogP contribution in [0.3, 0.4) is 0 Å². The average Bonchev–Trinajstić information content (AvgIpc) is 3.56. The van der Waals surface area contributed by atoms with Crippen molar-refractivity contribution in [1.82, 2.24) is 9.62 Å². The number of amides is 1. The summed E-state index contributed by atoms with van der Waals surface area (Å²) in [5, 5.41) is 0.0389. The monoisotopic (exact) mass is 711 g/mol. The van der Waals surface area contributed by atoms with Crippen molar-refractivity contribution in [3.63, 3.8) is 0 Å². The van der Waals surface area contributed by atoms with Crippen molar-refractivity contribution in [2.75, 3.05) is 44.7 Å². The molecule has 8 rings (SSSR count). The van der Waals surface area contributed by atoms with E-state index in [-0.39, 0.29) is 35.7 Å². The van der Waals surface area contributed by atoms with Gasteiger partial charge in [0.2, 0.25) is 10.0 Å². The van der Waals surface area contributed by atoms with Crippen molar-refractivity contribution in [2.45, 2.75) is 94.4 Å². The fourth-order valence-corrected chi connectivity index (χ4v) is 11.2. The highest BCUT2D eigenvalue weighted by molar-refractivity contribution is 7.90. The van der Waals surface area contributed by atoms with Crippen LogP contribution in [0.15, 0.2) is 36.4 Å². The van der Waals surface area contributed by atoms with Crippen LogP contribution in [0.25, 0.3) is 0 Å². The van der Waals surface area contributed by atoms with E-state index in [1.165, 1.54) is 11.1 Å². The lowest BCUT2D eigenvalue weighted by Gasteiger charge is -2.47. The molecule has 2 aromatic carbocycles. The van der Waals surface area contributed by atoms with Crippen LogP contribution in [-0.2, 0) is 31.3 Å². The summed E-state index contributed by atoms with van der Waals surface area (Å²) in [6.45, 7) is 7.56. The highest BCUT2D eigenvalue weighted by atomic mass is 35.5. The van der Waals surface area contributed by atoms with Crippen molar-refractivity contribution < 1.29 is 27.4 Å². The Kier molecular flexibility index (Phi) is 8.95. The highest BCUT2D eigenvalue weighted by Gasteiger charge is 2.50. The maximum atomic E-state index is 13.6. The molecule has 9 nitrogen and oxygen atoms in total. The Balaban J connectivity index is 1.17. The maximum absolute atomic E-state index is 13.6. The normalized spacial score (nSPS) is 37.6. The lowest BCUT2D eigenvalue weighted by molar-refractivity contribution is -0.146. The number of rotatable bonds is 1. The average molecular weight is 712 g/mol. The van der Waals surface area contributed by atoms with E-state index in [2.05, 4.69) is 33.7 Å². The number of halogens is 1. The largest absolute Gasteiger partial charge is 0.490 e. The van der Waals surface area contributed by atoms with E-state index in [0.717, 1.165) is 94.0 Å². The van der Waals surface area contributed by atoms with Crippen molar-refractivity contribution in [2.24, 2.45) is 23.7 Å². The molecule has 4 aliphatic heterocycles. The number of nitrogens with zero attached hydrogens (tertiary/aromatic N) is 2. The van der Waals surface area contributed by atoms with E-state index in [1.807, 2.05) is 25.1 Å². The quantitative estimate of drug-likeness (QED) is 0.398. The fourth-order valence-electron chi connectivity index (χ4n) is 9.74. The third-order valence-electron chi connectivity index (χ3n) is 12.9. The summed E-state index contributed by atoms with van der Waals surface area (Å²) >= 11 is 6.48. The smallest absolute Gasteiger partial charge is 0.264 e. The minimum atomic E-state index is -3.90. The Morgan fingerprint density at radius 3 is 2.49 bits per heavy atom. The van der Waals surface area contributed by atoms with Gasteiger partial charge in [0.1, 0.15) is 18.0 Å². The second-order valence-corrected chi connectivity index (χ2v) is 18.5. The molecule has 2 aliphatic carbocycles. The fraction of sp³-hybridized carbons (Fsp3) is 0.658. The number of carbonyl (C=O) groups excluding carboxylic acids is 1. The van der Waals surface area contributed by atoms with Gasteiger partial charge in [-0.1, -0.05) is 31.0 Å². The second kappa shape index (κ2) is 13.0. The Hall–Kier alpha value is -2.37. The highest BCUT2D eigenvalue weighted by Crippen LogP contribution is 2.50. The van der Waals surface area contributed by atoms with Crippen LogP contribution in [0.5, 0.6) is 5.75 Å².